The maximum Gasteiger partial charge on any atom is 0.411 e. The number of nitrogens with zero attached hydrogens (tertiary/aromatic N) is 2. The summed E-state index contributed by atoms with van der Waals surface area (Å²) in [6, 6.07) is 6.57. The Bertz CT molecular complexity index is 872. The van der Waals surface area contributed by atoms with Gasteiger partial charge in [-0.15, -0.1) is 0 Å². The van der Waals surface area contributed by atoms with E-state index >= 15 is 0 Å². The Hall–Kier alpha value is -2.19. The molecule has 0 spiro atoms. The third-order valence-electron chi connectivity index (χ3n) is 6.31. The molecular weight excluding hydrogens is 436 g/mol. The number of likely N-dealkylation sites (tertiary alicyclic amines) is 1. The van der Waals surface area contributed by atoms with E-state index in [9.17, 15) is 14.4 Å². The summed E-state index contributed by atoms with van der Waals surface area (Å²) in [5.74, 6) is -0.334. The Morgan fingerprint density at radius 2 is 1.82 bits per heavy atom. The fraction of sp³-hybridized carbons (Fsp3) is 0.640. The molecule has 2 amide bonds. The van der Waals surface area contributed by atoms with E-state index in [1.807, 2.05) is 25.1 Å². The Balaban J connectivity index is 2.47. The summed E-state index contributed by atoms with van der Waals surface area (Å²) in [7, 11) is -2.23. The summed E-state index contributed by atoms with van der Waals surface area (Å²) in [5, 5.41) is -0.0566. The number of benzene rings is 1. The van der Waals surface area contributed by atoms with Crippen LogP contribution >= 0.6 is 0 Å². The van der Waals surface area contributed by atoms with Gasteiger partial charge < -0.3 is 18.9 Å². The topological polar surface area (TPSA) is 76.2 Å². The summed E-state index contributed by atoms with van der Waals surface area (Å²) >= 11 is 0. The van der Waals surface area contributed by atoms with Crippen molar-refractivity contribution in [2.24, 2.45) is 0 Å². The van der Waals surface area contributed by atoms with Gasteiger partial charge in [0.1, 0.15) is 17.9 Å². The average Bonchev–Trinajstić information content (AvgIpc) is 3.06. The highest BCUT2D eigenvalue weighted by molar-refractivity contribution is 6.74. The van der Waals surface area contributed by atoms with Gasteiger partial charge in [0, 0.05) is 12.2 Å². The molecule has 0 bridgehead atoms. The number of aldehydes is 1. The Morgan fingerprint density at radius 3 is 2.33 bits per heavy atom. The van der Waals surface area contributed by atoms with E-state index < -0.39 is 32.2 Å². The van der Waals surface area contributed by atoms with E-state index in [1.165, 1.54) is 9.80 Å². The van der Waals surface area contributed by atoms with E-state index in [1.54, 1.807) is 26.8 Å². The average molecular weight is 477 g/mol. The Kier molecular flexibility index (Phi) is 8.17. The molecule has 0 N–H and O–H groups in total. The molecular formula is C25H40N2O5Si. The molecule has 7 nitrogen and oxygen atoms in total. The van der Waals surface area contributed by atoms with Crippen molar-refractivity contribution in [2.75, 3.05) is 18.0 Å². The normalized spacial score (nSPS) is 19.4. The lowest BCUT2D eigenvalue weighted by atomic mass is 10.1. The molecule has 1 aromatic rings. The highest BCUT2D eigenvalue weighted by Gasteiger charge is 2.49. The molecule has 1 aromatic carbocycles. The van der Waals surface area contributed by atoms with Crippen molar-refractivity contribution in [2.45, 2.75) is 90.8 Å². The van der Waals surface area contributed by atoms with Crippen LogP contribution in [0.2, 0.25) is 18.1 Å². The fourth-order valence-corrected chi connectivity index (χ4v) is 4.97. The minimum atomic E-state index is -2.23. The zero-order valence-corrected chi connectivity index (χ0v) is 22.6. The number of ether oxygens (including phenoxy) is 1. The third kappa shape index (κ3) is 6.66. The first-order valence-corrected chi connectivity index (χ1v) is 14.5. The zero-order valence-electron chi connectivity index (χ0n) is 21.6. The highest BCUT2D eigenvalue weighted by Crippen LogP contribution is 2.40. The summed E-state index contributed by atoms with van der Waals surface area (Å²) in [6.45, 7) is 18.3. The fourth-order valence-electron chi connectivity index (χ4n) is 3.61. The zero-order chi connectivity index (χ0) is 25.2. The van der Waals surface area contributed by atoms with Crippen molar-refractivity contribution in [3.63, 3.8) is 0 Å². The van der Waals surface area contributed by atoms with Gasteiger partial charge in [0.2, 0.25) is 0 Å². The van der Waals surface area contributed by atoms with E-state index in [4.69, 9.17) is 9.16 Å². The molecule has 0 saturated carbocycles. The molecule has 0 unspecified atom stereocenters. The van der Waals surface area contributed by atoms with Gasteiger partial charge >= 0.3 is 6.09 Å². The molecule has 8 heteroatoms. The van der Waals surface area contributed by atoms with Crippen molar-refractivity contribution in [1.82, 2.24) is 4.90 Å². The molecule has 0 aromatic heterocycles. The number of amides is 2. The van der Waals surface area contributed by atoms with Crippen LogP contribution in [0.1, 0.15) is 53.5 Å². The lowest BCUT2D eigenvalue weighted by molar-refractivity contribution is -0.125. The van der Waals surface area contributed by atoms with Crippen molar-refractivity contribution < 1.29 is 23.5 Å². The Labute approximate surface area is 199 Å². The van der Waals surface area contributed by atoms with Crippen molar-refractivity contribution in [3.05, 3.63) is 29.8 Å². The van der Waals surface area contributed by atoms with Gasteiger partial charge in [0.15, 0.2) is 8.32 Å². The largest absolute Gasteiger partial charge is 0.444 e. The summed E-state index contributed by atoms with van der Waals surface area (Å²) in [5.41, 5.74) is 0.900. The molecule has 2 atom stereocenters. The second-order valence-electron chi connectivity index (χ2n) is 11.3. The van der Waals surface area contributed by atoms with Crippen LogP contribution in [-0.4, -0.2) is 62.3 Å². The SMILES string of the molecule is Cc1cccc(N(CC=O)C(=O)[C@@H]2[C@@H](O[Si](C)(C)C(C)(C)C)CCN2C(=O)OC(C)(C)C)c1. The first-order chi connectivity index (χ1) is 15.1. The smallest absolute Gasteiger partial charge is 0.411 e. The molecule has 1 aliphatic rings. The molecule has 1 heterocycles. The van der Waals surface area contributed by atoms with E-state index in [0.29, 0.717) is 24.9 Å². The van der Waals surface area contributed by atoms with Crippen LogP contribution < -0.4 is 4.90 Å². The molecule has 1 fully saturated rings. The highest BCUT2D eigenvalue weighted by atomic mass is 28.4. The van der Waals surface area contributed by atoms with E-state index in [2.05, 4.69) is 33.9 Å². The summed E-state index contributed by atoms with van der Waals surface area (Å²) < 4.78 is 12.3. The number of anilines is 1. The van der Waals surface area contributed by atoms with Crippen LogP contribution in [0.4, 0.5) is 10.5 Å². The van der Waals surface area contributed by atoms with Crippen molar-refractivity contribution in [3.8, 4) is 0 Å². The lowest BCUT2D eigenvalue weighted by Crippen LogP contribution is -2.56. The first-order valence-electron chi connectivity index (χ1n) is 11.6. The summed E-state index contributed by atoms with van der Waals surface area (Å²) in [6.07, 6.45) is 0.226. The minimum Gasteiger partial charge on any atom is -0.444 e. The number of carbonyl (C=O) groups excluding carboxylic acids is 3. The van der Waals surface area contributed by atoms with Crippen molar-refractivity contribution >= 4 is 32.3 Å². The molecule has 0 radical (unpaired) electrons. The van der Waals surface area contributed by atoms with Gasteiger partial charge in [-0.05, 0) is 69.9 Å². The van der Waals surface area contributed by atoms with Crippen LogP contribution in [0.25, 0.3) is 0 Å². The van der Waals surface area contributed by atoms with Crippen LogP contribution in [-0.2, 0) is 18.8 Å². The molecule has 1 aliphatic heterocycles. The second-order valence-corrected chi connectivity index (χ2v) is 16.0. The monoisotopic (exact) mass is 476 g/mol. The quantitative estimate of drug-likeness (QED) is 0.430. The first kappa shape index (κ1) is 27.1. The maximum atomic E-state index is 13.9. The second kappa shape index (κ2) is 9.97. The van der Waals surface area contributed by atoms with Gasteiger partial charge in [-0.3, -0.25) is 9.69 Å². The number of aryl methyl sites for hydroxylation is 1. The lowest BCUT2D eigenvalue weighted by Gasteiger charge is -2.40. The third-order valence-corrected chi connectivity index (χ3v) is 10.8. The number of carbonyl (C=O) groups is 3. The van der Waals surface area contributed by atoms with Gasteiger partial charge in [-0.25, -0.2) is 4.79 Å². The number of hydrogen-bond acceptors (Lipinski definition) is 5. The molecule has 33 heavy (non-hydrogen) atoms. The Morgan fingerprint density at radius 1 is 1.18 bits per heavy atom. The van der Waals surface area contributed by atoms with Crippen LogP contribution in [0, 0.1) is 6.92 Å². The van der Waals surface area contributed by atoms with Crippen LogP contribution in [0.15, 0.2) is 24.3 Å². The van der Waals surface area contributed by atoms with Gasteiger partial charge in [0.25, 0.3) is 5.91 Å². The summed E-state index contributed by atoms with van der Waals surface area (Å²) in [4.78, 5) is 41.4. The van der Waals surface area contributed by atoms with Gasteiger partial charge in [-0.1, -0.05) is 32.9 Å². The number of hydrogen-bond donors (Lipinski definition) is 0. The maximum absolute atomic E-state index is 13.9. The minimum absolute atomic E-state index is 0.0566. The van der Waals surface area contributed by atoms with Gasteiger partial charge in [-0.2, -0.15) is 0 Å². The van der Waals surface area contributed by atoms with Crippen molar-refractivity contribution in [1.29, 1.82) is 0 Å². The predicted octanol–water partition coefficient (Wildman–Crippen LogP) is 4.93. The van der Waals surface area contributed by atoms with Crippen LogP contribution in [0.5, 0.6) is 0 Å². The molecule has 0 aliphatic carbocycles. The molecule has 1 saturated heterocycles. The van der Waals surface area contributed by atoms with E-state index in [0.717, 1.165) is 5.56 Å². The van der Waals surface area contributed by atoms with Crippen LogP contribution in [0.3, 0.4) is 0 Å². The van der Waals surface area contributed by atoms with Gasteiger partial charge in [0.05, 0.1) is 12.6 Å². The predicted molar refractivity (Wildman–Crippen MR) is 133 cm³/mol. The number of rotatable bonds is 6. The standard InChI is InChI=1S/C25H40N2O5Si/c1-18-11-10-12-19(17-18)26(15-16-28)22(29)21-20(32-33(8,9)25(5,6)7)13-14-27(21)23(30)31-24(2,3)4/h10-12,16-17,20-21H,13-15H2,1-9H3/t20-,21-/m0/s1. The van der Waals surface area contributed by atoms with E-state index in [-0.39, 0.29) is 17.5 Å². The molecule has 184 valence electrons. The molecule has 2 rings (SSSR count).